The summed E-state index contributed by atoms with van der Waals surface area (Å²) >= 11 is 6.43. The molecule has 2 aromatic carbocycles. The molecule has 0 aliphatic carbocycles. The Balaban J connectivity index is 1.41. The van der Waals surface area contributed by atoms with Gasteiger partial charge < -0.3 is 30.1 Å². The highest BCUT2D eigenvalue weighted by Crippen LogP contribution is 2.58. The fourth-order valence-corrected chi connectivity index (χ4v) is 7.02. The van der Waals surface area contributed by atoms with Crippen molar-refractivity contribution < 1.29 is 29.0 Å². The zero-order chi connectivity index (χ0) is 29.1. The molecule has 1 spiro atoms. The number of rotatable bonds is 12. The molecule has 0 saturated carbocycles. The third-order valence-corrected chi connectivity index (χ3v) is 8.88. The second-order valence-electron chi connectivity index (χ2n) is 11.1. The minimum absolute atomic E-state index is 0.121. The number of aryl methyl sites for hydroxylation is 1. The number of fused-ring (bicyclic) bond motifs is 1. The molecule has 2 bridgehead atoms. The minimum Gasteiger partial charge on any atom is -0.494 e. The van der Waals surface area contributed by atoms with Crippen LogP contribution in [0.1, 0.15) is 51.0 Å². The molecular weight excluding hydrogens is 546 g/mol. The molecule has 5 atom stereocenters. The fraction of sp³-hybridized carbons (Fsp3) is 0.516. The Kier molecular flexibility index (Phi) is 8.87. The molecule has 2 aromatic rings. The van der Waals surface area contributed by atoms with Crippen LogP contribution < -0.4 is 15.4 Å². The number of hydrogen-bond acceptors (Lipinski definition) is 6. The van der Waals surface area contributed by atoms with Crippen LogP contribution >= 0.6 is 11.6 Å². The van der Waals surface area contributed by atoms with Crippen LogP contribution in [0.3, 0.4) is 0 Å². The first kappa shape index (κ1) is 29.4. The summed E-state index contributed by atoms with van der Waals surface area (Å²) in [5.41, 5.74) is 0.827. The molecule has 41 heavy (non-hydrogen) atoms. The number of nitrogens with zero attached hydrogens (tertiary/aromatic N) is 1. The van der Waals surface area contributed by atoms with Crippen molar-refractivity contribution in [3.8, 4) is 5.75 Å². The van der Waals surface area contributed by atoms with Gasteiger partial charge in [0, 0.05) is 18.8 Å². The number of aliphatic hydroxyl groups is 1. The number of nitrogens with one attached hydrogen (secondary N) is 2. The topological polar surface area (TPSA) is 117 Å². The second kappa shape index (κ2) is 12.4. The van der Waals surface area contributed by atoms with E-state index >= 15 is 0 Å². The summed E-state index contributed by atoms with van der Waals surface area (Å²) < 4.78 is 12.0. The van der Waals surface area contributed by atoms with E-state index in [0.717, 1.165) is 18.4 Å². The maximum absolute atomic E-state index is 14.1. The van der Waals surface area contributed by atoms with Gasteiger partial charge in [0.2, 0.25) is 17.7 Å². The molecule has 0 aromatic heterocycles. The van der Waals surface area contributed by atoms with Crippen LogP contribution in [-0.4, -0.2) is 65.2 Å². The number of anilines is 2. The highest BCUT2D eigenvalue weighted by atomic mass is 35.5. The number of ether oxygens (including phenoxy) is 2. The van der Waals surface area contributed by atoms with Crippen molar-refractivity contribution in [3.05, 3.63) is 53.1 Å². The highest BCUT2D eigenvalue weighted by molar-refractivity contribution is 6.34. The first-order valence-electron chi connectivity index (χ1n) is 14.5. The Morgan fingerprint density at radius 2 is 1.85 bits per heavy atom. The second-order valence-corrected chi connectivity index (χ2v) is 11.5. The summed E-state index contributed by atoms with van der Waals surface area (Å²) in [6.07, 6.45) is 3.66. The number of amides is 3. The van der Waals surface area contributed by atoms with E-state index in [0.29, 0.717) is 61.0 Å². The number of carbonyl (C=O) groups excluding carboxylic acids is 3. The van der Waals surface area contributed by atoms with Crippen molar-refractivity contribution in [1.82, 2.24) is 4.90 Å². The number of aliphatic hydroxyl groups excluding tert-OH is 1. The normalized spacial score (nSPS) is 26.2. The van der Waals surface area contributed by atoms with Gasteiger partial charge in [-0.25, -0.2) is 0 Å². The van der Waals surface area contributed by atoms with E-state index < -0.39 is 29.6 Å². The predicted molar refractivity (Wildman–Crippen MR) is 156 cm³/mol. The smallest absolute Gasteiger partial charge is 0.250 e. The van der Waals surface area contributed by atoms with E-state index in [1.165, 1.54) is 0 Å². The number of carbonyl (C=O) groups is 3. The summed E-state index contributed by atoms with van der Waals surface area (Å²) in [7, 11) is 0. The molecule has 9 nitrogen and oxygen atoms in total. The lowest BCUT2D eigenvalue weighted by Gasteiger charge is -2.33. The fourth-order valence-electron chi connectivity index (χ4n) is 6.75. The van der Waals surface area contributed by atoms with Gasteiger partial charge in [-0.2, -0.15) is 0 Å². The highest BCUT2D eigenvalue weighted by Gasteiger charge is 2.74. The molecule has 3 saturated heterocycles. The SMILES string of the molecule is CCOc1ccc(NC(=O)[C@@H]2[C@H]3C(=O)N(CCCCCCO)C(C(=O)Nc4c(C)cccc4Cl)C34CC[C@H]2O4)cc1. The van der Waals surface area contributed by atoms with Gasteiger partial charge in [0.1, 0.15) is 17.4 Å². The average Bonchev–Trinajstić information content (AvgIpc) is 3.59. The first-order chi connectivity index (χ1) is 19.8. The molecule has 3 N–H and O–H groups in total. The third-order valence-electron chi connectivity index (χ3n) is 8.56. The Morgan fingerprint density at radius 1 is 1.10 bits per heavy atom. The van der Waals surface area contributed by atoms with Crippen LogP contribution in [0.5, 0.6) is 5.75 Å². The third kappa shape index (κ3) is 5.55. The Bertz CT molecular complexity index is 1270. The quantitative estimate of drug-likeness (QED) is 0.316. The standard InChI is InChI=1S/C31H38ClN3O6/c1-3-40-21-13-11-20(12-14-21)33-28(37)24-23-15-16-31(41-23)25(24)30(39)35(17-6-4-5-7-18-36)27(31)29(38)34-26-19(2)9-8-10-22(26)32/h8-14,23-25,27,36H,3-7,15-18H2,1-2H3,(H,33,37)(H,34,38)/t23-,24+,25+,27?,31?/m1/s1. The number of hydrogen-bond donors (Lipinski definition) is 3. The predicted octanol–water partition coefficient (Wildman–Crippen LogP) is 4.55. The van der Waals surface area contributed by atoms with Gasteiger partial charge in [-0.3, -0.25) is 14.4 Å². The molecule has 5 rings (SSSR count). The van der Waals surface area contributed by atoms with Crippen molar-refractivity contribution in [2.75, 3.05) is 30.4 Å². The number of halogens is 1. The molecule has 3 fully saturated rings. The monoisotopic (exact) mass is 583 g/mol. The Morgan fingerprint density at radius 3 is 2.56 bits per heavy atom. The maximum Gasteiger partial charge on any atom is 0.250 e. The molecule has 220 valence electrons. The molecule has 2 unspecified atom stereocenters. The van der Waals surface area contributed by atoms with E-state index in [-0.39, 0.29) is 24.3 Å². The molecule has 3 heterocycles. The number of unbranched alkanes of at least 4 members (excludes halogenated alkanes) is 3. The van der Waals surface area contributed by atoms with Gasteiger partial charge in [0.25, 0.3) is 0 Å². The van der Waals surface area contributed by atoms with Crippen molar-refractivity contribution >= 4 is 40.7 Å². The summed E-state index contributed by atoms with van der Waals surface area (Å²) in [5, 5.41) is 15.5. The van der Waals surface area contributed by atoms with Gasteiger partial charge in [-0.1, -0.05) is 36.6 Å². The van der Waals surface area contributed by atoms with Crippen LogP contribution in [0.4, 0.5) is 11.4 Å². The lowest BCUT2D eigenvalue weighted by molar-refractivity contribution is -0.139. The zero-order valence-electron chi connectivity index (χ0n) is 23.5. The summed E-state index contributed by atoms with van der Waals surface area (Å²) in [6.45, 7) is 4.79. The summed E-state index contributed by atoms with van der Waals surface area (Å²) in [5.74, 6) is -1.64. The number of para-hydroxylation sites is 1. The van der Waals surface area contributed by atoms with E-state index in [2.05, 4.69) is 10.6 Å². The van der Waals surface area contributed by atoms with Crippen molar-refractivity contribution in [2.24, 2.45) is 11.8 Å². The van der Waals surface area contributed by atoms with Crippen LogP contribution in [0.2, 0.25) is 5.02 Å². The largest absolute Gasteiger partial charge is 0.494 e. The number of benzene rings is 2. The lowest BCUT2D eigenvalue weighted by atomic mass is 9.70. The van der Waals surface area contributed by atoms with Crippen molar-refractivity contribution in [3.63, 3.8) is 0 Å². The molecule has 3 amide bonds. The zero-order valence-corrected chi connectivity index (χ0v) is 24.3. The molecule has 3 aliphatic rings. The summed E-state index contributed by atoms with van der Waals surface area (Å²) in [4.78, 5) is 43.4. The van der Waals surface area contributed by atoms with Crippen molar-refractivity contribution in [1.29, 1.82) is 0 Å². The molecule has 3 aliphatic heterocycles. The van der Waals surface area contributed by atoms with Gasteiger partial charge in [-0.15, -0.1) is 0 Å². The lowest BCUT2D eigenvalue weighted by Crippen LogP contribution is -2.53. The van der Waals surface area contributed by atoms with E-state index in [4.69, 9.17) is 26.2 Å². The first-order valence-corrected chi connectivity index (χ1v) is 14.9. The van der Waals surface area contributed by atoms with E-state index in [9.17, 15) is 14.4 Å². The average molecular weight is 584 g/mol. The van der Waals surface area contributed by atoms with Crippen LogP contribution in [0.15, 0.2) is 42.5 Å². The maximum atomic E-state index is 14.1. The molecule has 0 radical (unpaired) electrons. The number of likely N-dealkylation sites (tertiary alicyclic amines) is 1. The van der Waals surface area contributed by atoms with Crippen LogP contribution in [-0.2, 0) is 19.1 Å². The summed E-state index contributed by atoms with van der Waals surface area (Å²) in [6, 6.07) is 11.6. The van der Waals surface area contributed by atoms with E-state index in [1.54, 1.807) is 35.2 Å². The van der Waals surface area contributed by atoms with Gasteiger partial charge in [-0.05, 0) is 75.4 Å². The van der Waals surface area contributed by atoms with E-state index in [1.807, 2.05) is 26.0 Å². The van der Waals surface area contributed by atoms with Gasteiger partial charge >= 0.3 is 0 Å². The van der Waals surface area contributed by atoms with Crippen LogP contribution in [0.25, 0.3) is 0 Å². The van der Waals surface area contributed by atoms with Gasteiger partial charge in [0.05, 0.1) is 35.3 Å². The van der Waals surface area contributed by atoms with Crippen LogP contribution in [0, 0.1) is 18.8 Å². The van der Waals surface area contributed by atoms with Gasteiger partial charge in [0.15, 0.2) is 0 Å². The molecule has 10 heteroatoms. The minimum atomic E-state index is -1.09. The Hall–Kier alpha value is -3.14. The Labute approximate surface area is 245 Å². The molecular formula is C31H38ClN3O6. The van der Waals surface area contributed by atoms with Crippen molar-refractivity contribution in [2.45, 2.75) is 70.1 Å².